The van der Waals surface area contributed by atoms with Gasteiger partial charge in [0.05, 0.1) is 19.8 Å². The molecule has 0 saturated carbocycles. The van der Waals surface area contributed by atoms with Gasteiger partial charge in [-0.05, 0) is 19.4 Å². The number of ether oxygens (including phenoxy) is 2. The van der Waals surface area contributed by atoms with E-state index < -0.39 is 0 Å². The van der Waals surface area contributed by atoms with Crippen molar-refractivity contribution in [1.29, 1.82) is 0 Å². The van der Waals surface area contributed by atoms with Crippen LogP contribution in [0.15, 0.2) is 0 Å². The van der Waals surface area contributed by atoms with E-state index in [1.165, 1.54) is 12.8 Å². The Morgan fingerprint density at radius 1 is 0.933 bits per heavy atom. The summed E-state index contributed by atoms with van der Waals surface area (Å²) in [6.45, 7) is 4.36. The van der Waals surface area contributed by atoms with Gasteiger partial charge in [0.1, 0.15) is 0 Å². The number of rotatable bonds is 12. The van der Waals surface area contributed by atoms with Crippen LogP contribution in [0.1, 0.15) is 25.7 Å². The van der Waals surface area contributed by atoms with Gasteiger partial charge in [-0.3, -0.25) is 0 Å². The van der Waals surface area contributed by atoms with Crippen molar-refractivity contribution >= 4 is 0 Å². The highest BCUT2D eigenvalue weighted by atomic mass is 16.5. The van der Waals surface area contributed by atoms with Crippen LogP contribution in [0.25, 0.3) is 0 Å². The second-order valence-electron chi connectivity index (χ2n) is 3.49. The van der Waals surface area contributed by atoms with Crippen molar-refractivity contribution in [1.82, 2.24) is 5.32 Å². The smallest absolute Gasteiger partial charge is 0.0700 e. The van der Waals surface area contributed by atoms with Gasteiger partial charge in [-0.1, -0.05) is 12.8 Å². The van der Waals surface area contributed by atoms with Gasteiger partial charge in [0.15, 0.2) is 0 Å². The molecule has 0 aliphatic carbocycles. The highest BCUT2D eigenvalue weighted by Crippen LogP contribution is 1.97. The van der Waals surface area contributed by atoms with Gasteiger partial charge in [0.25, 0.3) is 0 Å². The fourth-order valence-electron chi connectivity index (χ4n) is 1.23. The summed E-state index contributed by atoms with van der Waals surface area (Å²) >= 11 is 0. The van der Waals surface area contributed by atoms with E-state index >= 15 is 0 Å². The van der Waals surface area contributed by atoms with Gasteiger partial charge < -0.3 is 19.9 Å². The summed E-state index contributed by atoms with van der Waals surface area (Å²) in [6, 6.07) is 0. The molecule has 4 nitrogen and oxygen atoms in total. The molecule has 0 spiro atoms. The molecule has 0 aliphatic heterocycles. The minimum absolute atomic E-state index is 0.320. The van der Waals surface area contributed by atoms with E-state index in [1.807, 2.05) is 0 Å². The molecule has 0 atom stereocenters. The maximum absolute atomic E-state index is 8.57. The van der Waals surface area contributed by atoms with Crippen LogP contribution in [0.4, 0.5) is 0 Å². The van der Waals surface area contributed by atoms with Crippen molar-refractivity contribution in [2.24, 2.45) is 0 Å². The Balaban J connectivity index is 2.81. The molecule has 0 amide bonds. The predicted octanol–water partition coefficient (Wildman–Crippen LogP) is 0.792. The van der Waals surface area contributed by atoms with Gasteiger partial charge in [-0.2, -0.15) is 0 Å². The normalized spacial score (nSPS) is 10.8. The number of aliphatic hydroxyl groups excluding tert-OH is 1. The van der Waals surface area contributed by atoms with E-state index in [2.05, 4.69) is 5.32 Å². The van der Waals surface area contributed by atoms with E-state index in [9.17, 15) is 0 Å². The van der Waals surface area contributed by atoms with Crippen LogP contribution in [0.2, 0.25) is 0 Å². The Labute approximate surface area is 93.0 Å². The topological polar surface area (TPSA) is 50.7 Å². The zero-order valence-corrected chi connectivity index (χ0v) is 9.83. The lowest BCUT2D eigenvalue weighted by Crippen LogP contribution is -2.21. The first-order chi connectivity index (χ1) is 7.41. The molecule has 0 heterocycles. The first-order valence-electron chi connectivity index (χ1n) is 5.80. The molecule has 4 heteroatoms. The Kier molecular flexibility index (Phi) is 13.7. The molecule has 0 aromatic rings. The van der Waals surface area contributed by atoms with E-state index in [-0.39, 0.29) is 0 Å². The third-order valence-corrected chi connectivity index (χ3v) is 2.12. The number of aliphatic hydroxyl groups is 1. The quantitative estimate of drug-likeness (QED) is 0.477. The van der Waals surface area contributed by atoms with Crippen LogP contribution < -0.4 is 5.32 Å². The molecule has 15 heavy (non-hydrogen) atoms. The SMILES string of the molecule is COCCOCCNCCCCCCO. The van der Waals surface area contributed by atoms with Gasteiger partial charge in [-0.15, -0.1) is 0 Å². The summed E-state index contributed by atoms with van der Waals surface area (Å²) in [5, 5.41) is 11.9. The van der Waals surface area contributed by atoms with Crippen LogP contribution in [-0.2, 0) is 9.47 Å². The predicted molar refractivity (Wildman–Crippen MR) is 61.1 cm³/mol. The third-order valence-electron chi connectivity index (χ3n) is 2.12. The molecule has 0 saturated heterocycles. The second kappa shape index (κ2) is 13.8. The van der Waals surface area contributed by atoms with Crippen molar-refractivity contribution in [3.05, 3.63) is 0 Å². The number of hydrogen-bond donors (Lipinski definition) is 2. The number of methoxy groups -OCH3 is 1. The minimum Gasteiger partial charge on any atom is -0.396 e. The first kappa shape index (κ1) is 14.8. The summed E-state index contributed by atoms with van der Waals surface area (Å²) < 4.78 is 10.2. The van der Waals surface area contributed by atoms with E-state index in [0.717, 1.165) is 32.5 Å². The van der Waals surface area contributed by atoms with Crippen molar-refractivity contribution in [2.45, 2.75) is 25.7 Å². The Hall–Kier alpha value is -0.160. The Morgan fingerprint density at radius 3 is 2.47 bits per heavy atom. The maximum atomic E-state index is 8.57. The maximum Gasteiger partial charge on any atom is 0.0700 e. The van der Waals surface area contributed by atoms with Crippen LogP contribution in [0.3, 0.4) is 0 Å². The van der Waals surface area contributed by atoms with Crippen LogP contribution in [-0.4, -0.2) is 51.7 Å². The van der Waals surface area contributed by atoms with Crippen LogP contribution in [0.5, 0.6) is 0 Å². The average molecular weight is 219 g/mol. The summed E-state index contributed by atoms with van der Waals surface area (Å²) in [6.07, 6.45) is 4.43. The van der Waals surface area contributed by atoms with Gasteiger partial charge in [0.2, 0.25) is 0 Å². The van der Waals surface area contributed by atoms with E-state index in [0.29, 0.717) is 19.8 Å². The summed E-state index contributed by atoms with van der Waals surface area (Å²) in [4.78, 5) is 0. The summed E-state index contributed by atoms with van der Waals surface area (Å²) in [7, 11) is 1.67. The van der Waals surface area contributed by atoms with Crippen molar-refractivity contribution < 1.29 is 14.6 Å². The lowest BCUT2D eigenvalue weighted by atomic mass is 10.2. The second-order valence-corrected chi connectivity index (χ2v) is 3.49. The molecule has 0 aliphatic rings. The van der Waals surface area contributed by atoms with E-state index in [1.54, 1.807) is 7.11 Å². The van der Waals surface area contributed by atoms with Crippen molar-refractivity contribution in [3.63, 3.8) is 0 Å². The summed E-state index contributed by atoms with van der Waals surface area (Å²) in [5.41, 5.74) is 0. The van der Waals surface area contributed by atoms with Crippen molar-refractivity contribution in [2.75, 3.05) is 46.6 Å². The lowest BCUT2D eigenvalue weighted by molar-refractivity contribution is 0.0720. The molecule has 0 rings (SSSR count). The van der Waals surface area contributed by atoms with Gasteiger partial charge >= 0.3 is 0 Å². The number of hydrogen-bond acceptors (Lipinski definition) is 4. The molecule has 0 fully saturated rings. The average Bonchev–Trinajstić information content (AvgIpc) is 2.26. The Bertz CT molecular complexity index is 100. The highest BCUT2D eigenvalue weighted by molar-refractivity contribution is 4.48. The van der Waals surface area contributed by atoms with Crippen LogP contribution >= 0.6 is 0 Å². The molecule has 0 aromatic carbocycles. The monoisotopic (exact) mass is 219 g/mol. The molecular weight excluding hydrogens is 194 g/mol. The molecule has 0 radical (unpaired) electrons. The zero-order chi connectivity index (χ0) is 11.2. The molecule has 0 unspecified atom stereocenters. The molecule has 0 aromatic heterocycles. The van der Waals surface area contributed by atoms with Gasteiger partial charge in [0, 0.05) is 20.3 Å². The van der Waals surface area contributed by atoms with Crippen LogP contribution in [0, 0.1) is 0 Å². The third kappa shape index (κ3) is 13.8. The van der Waals surface area contributed by atoms with E-state index in [4.69, 9.17) is 14.6 Å². The Morgan fingerprint density at radius 2 is 1.73 bits per heavy atom. The molecular formula is C11H25NO3. The fraction of sp³-hybridized carbons (Fsp3) is 1.00. The largest absolute Gasteiger partial charge is 0.396 e. The zero-order valence-electron chi connectivity index (χ0n) is 9.83. The summed E-state index contributed by atoms with van der Waals surface area (Å²) in [5.74, 6) is 0. The van der Waals surface area contributed by atoms with Crippen molar-refractivity contribution in [3.8, 4) is 0 Å². The number of nitrogens with one attached hydrogen (secondary N) is 1. The standard InChI is InChI=1S/C11H25NO3/c1-14-10-11-15-9-7-12-6-4-2-3-5-8-13/h12-13H,2-11H2,1H3. The molecule has 0 bridgehead atoms. The molecule has 92 valence electrons. The highest BCUT2D eigenvalue weighted by Gasteiger charge is 1.90. The lowest BCUT2D eigenvalue weighted by Gasteiger charge is -2.05. The number of unbranched alkanes of at least 4 members (excludes halogenated alkanes) is 3. The molecule has 2 N–H and O–H groups in total. The van der Waals surface area contributed by atoms with Gasteiger partial charge in [-0.25, -0.2) is 0 Å². The minimum atomic E-state index is 0.320. The first-order valence-corrected chi connectivity index (χ1v) is 5.80. The fourth-order valence-corrected chi connectivity index (χ4v) is 1.23.